The SMILES string of the molecule is COC(=O)CC(Br)Cc1cc(F)c(F)cc1F. The van der Waals surface area contributed by atoms with E-state index in [-0.39, 0.29) is 18.4 Å². The molecule has 0 radical (unpaired) electrons. The van der Waals surface area contributed by atoms with Crippen LogP contribution in [-0.4, -0.2) is 17.9 Å². The zero-order valence-electron chi connectivity index (χ0n) is 8.97. The molecule has 0 aliphatic rings. The van der Waals surface area contributed by atoms with Crippen LogP contribution in [0.4, 0.5) is 13.2 Å². The highest BCUT2D eigenvalue weighted by atomic mass is 79.9. The molecular weight excluding hydrogens is 301 g/mol. The highest BCUT2D eigenvalue weighted by molar-refractivity contribution is 9.09. The standard InChI is InChI=1S/C11H10BrF3O2/c1-17-11(16)4-7(12)2-6-3-9(14)10(15)5-8(6)13/h3,5,7H,2,4H2,1H3. The third-order valence-corrected chi connectivity index (χ3v) is 2.79. The number of hydrogen-bond acceptors (Lipinski definition) is 2. The van der Waals surface area contributed by atoms with Crippen molar-refractivity contribution in [3.8, 4) is 0 Å². The zero-order valence-corrected chi connectivity index (χ0v) is 10.6. The van der Waals surface area contributed by atoms with Crippen molar-refractivity contribution in [1.82, 2.24) is 0 Å². The average Bonchev–Trinajstić information content (AvgIpc) is 2.25. The maximum absolute atomic E-state index is 13.3. The van der Waals surface area contributed by atoms with E-state index in [2.05, 4.69) is 20.7 Å². The largest absolute Gasteiger partial charge is 0.469 e. The van der Waals surface area contributed by atoms with E-state index in [0.29, 0.717) is 6.07 Å². The Morgan fingerprint density at radius 2 is 1.88 bits per heavy atom. The number of alkyl halides is 1. The minimum absolute atomic E-state index is 0.00896. The molecule has 0 saturated heterocycles. The molecule has 0 N–H and O–H groups in total. The third kappa shape index (κ3) is 4.03. The number of hydrogen-bond donors (Lipinski definition) is 0. The minimum Gasteiger partial charge on any atom is -0.469 e. The van der Waals surface area contributed by atoms with Crippen molar-refractivity contribution in [2.24, 2.45) is 0 Å². The van der Waals surface area contributed by atoms with Crippen molar-refractivity contribution in [1.29, 1.82) is 0 Å². The second-order valence-corrected chi connectivity index (χ2v) is 4.73. The Morgan fingerprint density at radius 3 is 2.47 bits per heavy atom. The number of carbonyl (C=O) groups excluding carboxylic acids is 1. The average molecular weight is 311 g/mol. The minimum atomic E-state index is -1.23. The maximum atomic E-state index is 13.3. The van der Waals surface area contributed by atoms with Crippen LogP contribution in [0.5, 0.6) is 0 Å². The lowest BCUT2D eigenvalue weighted by atomic mass is 10.1. The molecule has 17 heavy (non-hydrogen) atoms. The molecule has 0 bridgehead atoms. The first-order valence-electron chi connectivity index (χ1n) is 4.78. The van der Waals surface area contributed by atoms with E-state index < -0.39 is 28.2 Å². The smallest absolute Gasteiger partial charge is 0.306 e. The Kier molecular flexibility index (Phi) is 4.99. The van der Waals surface area contributed by atoms with E-state index in [4.69, 9.17) is 0 Å². The highest BCUT2D eigenvalue weighted by Crippen LogP contribution is 2.19. The van der Waals surface area contributed by atoms with E-state index in [1.54, 1.807) is 0 Å². The molecule has 0 saturated carbocycles. The van der Waals surface area contributed by atoms with Crippen LogP contribution in [0, 0.1) is 17.5 Å². The summed E-state index contributed by atoms with van der Waals surface area (Å²) in [4.78, 5) is 10.5. The van der Waals surface area contributed by atoms with E-state index in [1.165, 1.54) is 7.11 Å². The van der Waals surface area contributed by atoms with Crippen molar-refractivity contribution in [3.05, 3.63) is 35.1 Å². The summed E-state index contributed by atoms with van der Waals surface area (Å²) in [7, 11) is 1.24. The number of methoxy groups -OCH3 is 1. The number of halogens is 4. The molecule has 0 amide bonds. The number of rotatable bonds is 4. The van der Waals surface area contributed by atoms with Gasteiger partial charge in [0.25, 0.3) is 0 Å². The zero-order chi connectivity index (χ0) is 13.0. The van der Waals surface area contributed by atoms with Gasteiger partial charge in [-0.1, -0.05) is 15.9 Å². The number of ether oxygens (including phenoxy) is 1. The Hall–Kier alpha value is -1.04. The summed E-state index contributed by atoms with van der Waals surface area (Å²) in [5.41, 5.74) is 0.00896. The molecule has 94 valence electrons. The van der Waals surface area contributed by atoms with Crippen LogP contribution in [0.1, 0.15) is 12.0 Å². The first-order chi connectivity index (χ1) is 7.93. The Labute approximate surface area is 105 Å². The number of esters is 1. The van der Waals surface area contributed by atoms with Gasteiger partial charge in [0.2, 0.25) is 0 Å². The molecule has 1 atom stereocenters. The summed E-state index contributed by atoms with van der Waals surface area (Å²) in [6, 6.07) is 1.28. The molecule has 2 nitrogen and oxygen atoms in total. The fraction of sp³-hybridized carbons (Fsp3) is 0.364. The number of carbonyl (C=O) groups is 1. The molecule has 0 spiro atoms. The molecule has 1 aromatic carbocycles. The van der Waals surface area contributed by atoms with Gasteiger partial charge in [-0.15, -0.1) is 0 Å². The summed E-state index contributed by atoms with van der Waals surface area (Å²) < 4.78 is 43.3. The fourth-order valence-corrected chi connectivity index (χ4v) is 1.91. The maximum Gasteiger partial charge on any atom is 0.306 e. The Balaban J connectivity index is 2.74. The van der Waals surface area contributed by atoms with Gasteiger partial charge in [-0.2, -0.15) is 0 Å². The van der Waals surface area contributed by atoms with Crippen molar-refractivity contribution < 1.29 is 22.7 Å². The lowest BCUT2D eigenvalue weighted by Crippen LogP contribution is -2.12. The van der Waals surface area contributed by atoms with E-state index >= 15 is 0 Å². The van der Waals surface area contributed by atoms with Crippen LogP contribution in [-0.2, 0) is 16.0 Å². The van der Waals surface area contributed by atoms with Gasteiger partial charge in [0, 0.05) is 10.9 Å². The van der Waals surface area contributed by atoms with Crippen LogP contribution >= 0.6 is 15.9 Å². The van der Waals surface area contributed by atoms with Gasteiger partial charge in [-0.25, -0.2) is 13.2 Å². The molecule has 0 aromatic heterocycles. The summed E-state index contributed by atoms with van der Waals surface area (Å²) in [6.07, 6.45) is 0.0903. The first kappa shape index (κ1) is 14.0. The quantitative estimate of drug-likeness (QED) is 0.485. The summed E-state index contributed by atoms with van der Waals surface area (Å²) in [5.74, 6) is -3.64. The van der Waals surface area contributed by atoms with Crippen molar-refractivity contribution in [2.75, 3.05) is 7.11 Å². The number of benzene rings is 1. The van der Waals surface area contributed by atoms with E-state index in [9.17, 15) is 18.0 Å². The van der Waals surface area contributed by atoms with Crippen molar-refractivity contribution in [2.45, 2.75) is 17.7 Å². The summed E-state index contributed by atoms with van der Waals surface area (Å²) >= 11 is 3.15. The topological polar surface area (TPSA) is 26.3 Å². The molecule has 0 aliphatic carbocycles. The van der Waals surface area contributed by atoms with Crippen molar-refractivity contribution >= 4 is 21.9 Å². The first-order valence-corrected chi connectivity index (χ1v) is 5.70. The summed E-state index contributed by atoms with van der Waals surface area (Å²) in [5, 5.41) is 0. The highest BCUT2D eigenvalue weighted by Gasteiger charge is 2.16. The third-order valence-electron chi connectivity index (χ3n) is 2.15. The van der Waals surface area contributed by atoms with Gasteiger partial charge >= 0.3 is 5.97 Å². The van der Waals surface area contributed by atoms with Gasteiger partial charge in [0.15, 0.2) is 11.6 Å². The van der Waals surface area contributed by atoms with Crippen LogP contribution < -0.4 is 0 Å². The lowest BCUT2D eigenvalue weighted by molar-refractivity contribution is -0.140. The molecule has 0 fully saturated rings. The van der Waals surface area contributed by atoms with Gasteiger partial charge in [-0.3, -0.25) is 4.79 Å². The molecule has 0 aliphatic heterocycles. The predicted molar refractivity (Wildman–Crippen MR) is 59.4 cm³/mol. The fourth-order valence-electron chi connectivity index (χ4n) is 1.30. The molecule has 6 heteroatoms. The van der Waals surface area contributed by atoms with Crippen LogP contribution in [0.2, 0.25) is 0 Å². The van der Waals surface area contributed by atoms with E-state index in [0.717, 1.165) is 6.07 Å². The monoisotopic (exact) mass is 310 g/mol. The molecule has 1 rings (SSSR count). The second kappa shape index (κ2) is 6.05. The molecule has 0 heterocycles. The van der Waals surface area contributed by atoms with Crippen LogP contribution in [0.15, 0.2) is 12.1 Å². The van der Waals surface area contributed by atoms with Crippen LogP contribution in [0.25, 0.3) is 0 Å². The van der Waals surface area contributed by atoms with Gasteiger partial charge in [0.1, 0.15) is 5.82 Å². The lowest BCUT2D eigenvalue weighted by Gasteiger charge is -2.09. The van der Waals surface area contributed by atoms with Crippen molar-refractivity contribution in [3.63, 3.8) is 0 Å². The molecule has 1 aromatic rings. The van der Waals surface area contributed by atoms with E-state index in [1.807, 2.05) is 0 Å². The van der Waals surface area contributed by atoms with Crippen LogP contribution in [0.3, 0.4) is 0 Å². The predicted octanol–water partition coefficient (Wildman–Crippen LogP) is 2.97. The van der Waals surface area contributed by atoms with Gasteiger partial charge in [-0.05, 0) is 18.1 Å². The summed E-state index contributed by atoms with van der Waals surface area (Å²) in [6.45, 7) is 0. The molecule has 1 unspecified atom stereocenters. The van der Waals surface area contributed by atoms with Gasteiger partial charge in [0.05, 0.1) is 13.5 Å². The molecular formula is C11H10BrF3O2. The second-order valence-electron chi connectivity index (χ2n) is 3.44. The normalized spacial score (nSPS) is 12.3. The van der Waals surface area contributed by atoms with Gasteiger partial charge < -0.3 is 4.74 Å². The Bertz CT molecular complexity index is 423. The Morgan fingerprint density at radius 1 is 1.29 bits per heavy atom.